The van der Waals surface area contributed by atoms with Gasteiger partial charge >= 0.3 is 57.4 Å². The topological polar surface area (TPSA) is 37.3 Å². The smallest absolute Gasteiger partial charge is 1.00 e. The molecule has 0 aromatic heterocycles. The Kier molecular flexibility index (Phi) is 24.2. The zero-order chi connectivity index (χ0) is 15.8. The van der Waals surface area contributed by atoms with Gasteiger partial charge in [-0.05, 0) is 32.1 Å². The van der Waals surface area contributed by atoms with Gasteiger partial charge < -0.3 is 6.53 Å². The first kappa shape index (κ1) is 25.8. The second-order valence-electron chi connectivity index (χ2n) is 5.83. The zero-order valence-corrected chi connectivity index (χ0v) is 19.9. The average molecular weight is 448 g/mol. The summed E-state index contributed by atoms with van der Waals surface area (Å²) >= 11 is 2.02. The first-order valence-corrected chi connectivity index (χ1v) is 9.95. The van der Waals surface area contributed by atoms with Crippen LogP contribution in [0.15, 0.2) is 12.2 Å². The quantitative estimate of drug-likeness (QED) is 0.137. The SMILES string of the molecule is CCCCCCCC/C=C\CCCCCCC(I)C(=O)O.[H-].[K+]. The number of alkyl halides is 1. The number of allylic oxidation sites excluding steroid dienone is 2. The molecule has 0 bridgehead atoms. The van der Waals surface area contributed by atoms with Gasteiger partial charge in [-0.2, -0.15) is 0 Å². The summed E-state index contributed by atoms with van der Waals surface area (Å²) in [5.41, 5.74) is 0. The van der Waals surface area contributed by atoms with Crippen molar-refractivity contribution in [1.82, 2.24) is 0 Å². The Balaban J connectivity index is -0.00000200. The average Bonchev–Trinajstić information content (AvgIpc) is 2.47. The molecule has 0 saturated carbocycles. The van der Waals surface area contributed by atoms with E-state index in [0.29, 0.717) is 0 Å². The Morgan fingerprint density at radius 1 is 0.955 bits per heavy atom. The predicted octanol–water partition coefficient (Wildman–Crippen LogP) is 3.64. The molecule has 22 heavy (non-hydrogen) atoms. The van der Waals surface area contributed by atoms with E-state index < -0.39 is 5.97 Å². The Bertz CT molecular complexity index is 276. The molecule has 0 heterocycles. The van der Waals surface area contributed by atoms with Crippen molar-refractivity contribution in [3.05, 3.63) is 12.2 Å². The van der Waals surface area contributed by atoms with Crippen LogP contribution in [0, 0.1) is 0 Å². The normalized spacial score (nSPS) is 12.3. The molecule has 0 aliphatic rings. The maximum Gasteiger partial charge on any atom is 1.00 e. The first-order valence-electron chi connectivity index (χ1n) is 8.70. The van der Waals surface area contributed by atoms with Gasteiger partial charge in [-0.15, -0.1) is 0 Å². The maximum atomic E-state index is 10.6. The van der Waals surface area contributed by atoms with Crippen LogP contribution in [0.4, 0.5) is 0 Å². The molecular weight excluding hydrogens is 414 g/mol. The Hall–Kier alpha value is 1.58. The standard InChI is InChI=1S/C18H33IO2.K.H/c1-2-3-4-5-6-7-8-9-10-11-12-13-14-15-16-17(19)18(20)21;;/h9-10,17H,2-8,11-16H2,1H3,(H,20,21);;/q;+1;-1/b10-9-;;. The second-order valence-corrected chi connectivity index (χ2v) is 7.33. The van der Waals surface area contributed by atoms with Crippen LogP contribution >= 0.6 is 22.6 Å². The molecule has 0 aliphatic heterocycles. The van der Waals surface area contributed by atoms with Crippen LogP contribution < -0.4 is 51.4 Å². The minimum Gasteiger partial charge on any atom is -1.00 e. The summed E-state index contributed by atoms with van der Waals surface area (Å²) in [4.78, 5) is 10.6. The molecule has 0 aromatic rings. The van der Waals surface area contributed by atoms with Gasteiger partial charge in [-0.25, -0.2) is 0 Å². The summed E-state index contributed by atoms with van der Waals surface area (Å²) in [6.45, 7) is 2.26. The largest absolute Gasteiger partial charge is 1.00 e. The predicted molar refractivity (Wildman–Crippen MR) is 101 cm³/mol. The molecule has 0 rings (SSSR count). The molecule has 2 nitrogen and oxygen atoms in total. The van der Waals surface area contributed by atoms with E-state index in [-0.39, 0.29) is 56.7 Å². The number of halogens is 1. The summed E-state index contributed by atoms with van der Waals surface area (Å²) in [6.07, 6.45) is 20.8. The van der Waals surface area contributed by atoms with Crippen molar-refractivity contribution in [2.24, 2.45) is 0 Å². The maximum absolute atomic E-state index is 10.6. The number of carbonyl (C=O) groups is 1. The van der Waals surface area contributed by atoms with E-state index in [9.17, 15) is 4.79 Å². The summed E-state index contributed by atoms with van der Waals surface area (Å²) in [5, 5.41) is 8.77. The van der Waals surface area contributed by atoms with Gasteiger partial charge in [0.2, 0.25) is 0 Å². The Labute approximate surface area is 195 Å². The number of aliphatic carboxylic acids is 1. The molecule has 0 aliphatic carbocycles. The third-order valence-corrected chi connectivity index (χ3v) is 4.89. The van der Waals surface area contributed by atoms with Crippen LogP contribution in [-0.4, -0.2) is 15.0 Å². The summed E-state index contributed by atoms with van der Waals surface area (Å²) in [7, 11) is 0. The van der Waals surface area contributed by atoms with E-state index in [1.165, 1.54) is 64.2 Å². The van der Waals surface area contributed by atoms with Gasteiger partial charge in [-0.3, -0.25) is 4.79 Å². The molecule has 1 unspecified atom stereocenters. The van der Waals surface area contributed by atoms with E-state index in [0.717, 1.165) is 19.3 Å². The zero-order valence-electron chi connectivity index (χ0n) is 15.7. The second kappa shape index (κ2) is 20.6. The Morgan fingerprint density at radius 3 is 1.91 bits per heavy atom. The fourth-order valence-electron chi connectivity index (χ4n) is 2.34. The van der Waals surface area contributed by atoms with E-state index in [2.05, 4.69) is 19.1 Å². The summed E-state index contributed by atoms with van der Waals surface area (Å²) < 4.78 is -0.208. The van der Waals surface area contributed by atoms with Crippen molar-refractivity contribution in [3.63, 3.8) is 0 Å². The number of rotatable bonds is 15. The van der Waals surface area contributed by atoms with Crippen LogP contribution in [0.25, 0.3) is 0 Å². The molecule has 0 radical (unpaired) electrons. The van der Waals surface area contributed by atoms with Crippen LogP contribution in [0.3, 0.4) is 0 Å². The van der Waals surface area contributed by atoms with Gasteiger partial charge in [-0.1, -0.05) is 93.0 Å². The molecule has 4 heteroatoms. The number of carboxylic acid groups (broad SMARTS) is 1. The van der Waals surface area contributed by atoms with Gasteiger partial charge in [0.15, 0.2) is 0 Å². The number of unbranched alkanes of at least 4 members (excludes halogenated alkanes) is 10. The Morgan fingerprint density at radius 2 is 1.41 bits per heavy atom. The first-order chi connectivity index (χ1) is 10.2. The van der Waals surface area contributed by atoms with Crippen LogP contribution in [0.2, 0.25) is 0 Å². The molecule has 0 amide bonds. The third-order valence-electron chi connectivity index (χ3n) is 3.74. The van der Waals surface area contributed by atoms with Crippen molar-refractivity contribution in [1.29, 1.82) is 0 Å². The van der Waals surface area contributed by atoms with Crippen LogP contribution in [-0.2, 0) is 4.79 Å². The molecule has 0 saturated heterocycles. The number of hydrogen-bond acceptors (Lipinski definition) is 1. The van der Waals surface area contributed by atoms with Crippen LogP contribution in [0.1, 0.15) is 91.8 Å². The minimum absolute atomic E-state index is 0. The third kappa shape index (κ3) is 19.6. The van der Waals surface area contributed by atoms with Crippen molar-refractivity contribution < 1.29 is 62.7 Å². The molecular formula is C18H34IKO2. The number of hydrogen-bond donors (Lipinski definition) is 1. The van der Waals surface area contributed by atoms with Crippen molar-refractivity contribution in [3.8, 4) is 0 Å². The van der Waals surface area contributed by atoms with Crippen molar-refractivity contribution >= 4 is 28.6 Å². The van der Waals surface area contributed by atoms with Gasteiger partial charge in [0.25, 0.3) is 0 Å². The van der Waals surface area contributed by atoms with Crippen molar-refractivity contribution in [2.45, 2.75) is 94.3 Å². The van der Waals surface area contributed by atoms with Gasteiger partial charge in [0, 0.05) is 0 Å². The molecule has 0 aromatic carbocycles. The van der Waals surface area contributed by atoms with E-state index in [1.54, 1.807) is 0 Å². The van der Waals surface area contributed by atoms with E-state index >= 15 is 0 Å². The van der Waals surface area contributed by atoms with Gasteiger partial charge in [0.1, 0.15) is 3.92 Å². The molecule has 0 spiro atoms. The molecule has 1 N–H and O–H groups in total. The fourth-order valence-corrected chi connectivity index (χ4v) is 2.78. The van der Waals surface area contributed by atoms with E-state index in [1.807, 2.05) is 22.6 Å². The fraction of sp³-hybridized carbons (Fsp3) is 0.833. The number of carboxylic acids is 1. The molecule has 0 fully saturated rings. The molecule has 126 valence electrons. The van der Waals surface area contributed by atoms with E-state index in [4.69, 9.17) is 5.11 Å². The monoisotopic (exact) mass is 448 g/mol. The molecule has 1 atom stereocenters. The van der Waals surface area contributed by atoms with Gasteiger partial charge in [0.05, 0.1) is 0 Å². The minimum atomic E-state index is -0.673. The summed E-state index contributed by atoms with van der Waals surface area (Å²) in [5.74, 6) is -0.673. The van der Waals surface area contributed by atoms with Crippen molar-refractivity contribution in [2.75, 3.05) is 0 Å². The van der Waals surface area contributed by atoms with Crippen LogP contribution in [0.5, 0.6) is 0 Å². The summed E-state index contributed by atoms with van der Waals surface area (Å²) in [6, 6.07) is 0.